The van der Waals surface area contributed by atoms with Crippen LogP contribution in [0.25, 0.3) is 10.9 Å². The summed E-state index contributed by atoms with van der Waals surface area (Å²) in [5, 5.41) is 7.10. The highest BCUT2D eigenvalue weighted by atomic mass is 16.7. The van der Waals surface area contributed by atoms with Crippen molar-refractivity contribution in [3.63, 3.8) is 0 Å². The number of carbonyl (C=O) groups excluding carboxylic acids is 1. The Balaban J connectivity index is 1.12. The van der Waals surface area contributed by atoms with Gasteiger partial charge >= 0.3 is 0 Å². The average molecular weight is 457 g/mol. The fourth-order valence-corrected chi connectivity index (χ4v) is 3.77. The molecule has 2 heterocycles. The monoisotopic (exact) mass is 456 g/mol. The molecule has 0 unspecified atom stereocenters. The topological polar surface area (TPSA) is 137 Å². The number of rotatable bonds is 7. The number of aromatic nitrogens is 2. The SMILES string of the molecule is Nc1nc(N)c2cc(NCc3ccc(CCNC(=O)c4ccc5c(c4)OCO5)cc3)ccc2n1. The summed E-state index contributed by atoms with van der Waals surface area (Å²) in [5.41, 5.74) is 16.1. The van der Waals surface area contributed by atoms with Crippen molar-refractivity contribution >= 4 is 34.3 Å². The molecular formula is C25H24N6O3. The van der Waals surface area contributed by atoms with Crippen molar-refractivity contribution < 1.29 is 14.3 Å². The largest absolute Gasteiger partial charge is 0.454 e. The van der Waals surface area contributed by atoms with Crippen LogP contribution in [-0.2, 0) is 13.0 Å². The molecule has 0 atom stereocenters. The summed E-state index contributed by atoms with van der Waals surface area (Å²) in [6, 6.07) is 19.2. The van der Waals surface area contributed by atoms with E-state index in [1.165, 1.54) is 0 Å². The summed E-state index contributed by atoms with van der Waals surface area (Å²) in [6.45, 7) is 1.38. The van der Waals surface area contributed by atoms with Crippen LogP contribution in [0.15, 0.2) is 60.7 Å². The Hall–Kier alpha value is -4.53. The van der Waals surface area contributed by atoms with Crippen LogP contribution in [0.2, 0.25) is 0 Å². The Bertz CT molecular complexity index is 1360. The zero-order valence-corrected chi connectivity index (χ0v) is 18.4. The molecule has 0 saturated carbocycles. The zero-order valence-electron chi connectivity index (χ0n) is 18.4. The minimum Gasteiger partial charge on any atom is -0.454 e. The molecule has 1 aliphatic heterocycles. The average Bonchev–Trinajstić information content (AvgIpc) is 3.31. The standard InChI is InChI=1S/C25H24N6O3/c26-23-19-12-18(6-7-20(19)30-25(27)31-23)29-13-16-3-1-15(2-4-16)9-10-28-24(32)17-5-8-21-22(11-17)34-14-33-21/h1-8,11-12,29H,9-10,13-14H2,(H,28,32)(H4,26,27,30,31). The molecule has 1 aliphatic rings. The minimum absolute atomic E-state index is 0.136. The zero-order chi connectivity index (χ0) is 23.5. The number of nitrogens with zero attached hydrogens (tertiary/aromatic N) is 2. The van der Waals surface area contributed by atoms with Gasteiger partial charge in [0.05, 0.1) is 5.52 Å². The first-order chi connectivity index (χ1) is 16.5. The van der Waals surface area contributed by atoms with E-state index in [1.54, 1.807) is 18.2 Å². The van der Waals surface area contributed by atoms with Crippen LogP contribution < -0.4 is 31.6 Å². The first-order valence-corrected chi connectivity index (χ1v) is 10.9. The maximum absolute atomic E-state index is 12.4. The Morgan fingerprint density at radius 2 is 1.71 bits per heavy atom. The summed E-state index contributed by atoms with van der Waals surface area (Å²) < 4.78 is 10.6. The van der Waals surface area contributed by atoms with Crippen LogP contribution in [0, 0.1) is 0 Å². The van der Waals surface area contributed by atoms with E-state index < -0.39 is 0 Å². The molecule has 172 valence electrons. The number of nitrogens with two attached hydrogens (primary N) is 2. The van der Waals surface area contributed by atoms with Crippen LogP contribution in [0.3, 0.4) is 0 Å². The summed E-state index contributed by atoms with van der Waals surface area (Å²) in [5.74, 6) is 1.65. The highest BCUT2D eigenvalue weighted by Crippen LogP contribution is 2.32. The van der Waals surface area contributed by atoms with Gasteiger partial charge < -0.3 is 31.6 Å². The van der Waals surface area contributed by atoms with Gasteiger partial charge in [-0.15, -0.1) is 0 Å². The van der Waals surface area contributed by atoms with E-state index in [-0.39, 0.29) is 18.6 Å². The highest BCUT2D eigenvalue weighted by Gasteiger charge is 2.16. The quantitative estimate of drug-likeness (QED) is 0.333. The predicted molar refractivity (Wildman–Crippen MR) is 131 cm³/mol. The molecule has 0 bridgehead atoms. The van der Waals surface area contributed by atoms with E-state index in [0.29, 0.717) is 41.5 Å². The van der Waals surface area contributed by atoms with Gasteiger partial charge in [0.1, 0.15) is 5.82 Å². The van der Waals surface area contributed by atoms with E-state index in [1.807, 2.05) is 18.2 Å². The van der Waals surface area contributed by atoms with Gasteiger partial charge in [0.2, 0.25) is 12.7 Å². The lowest BCUT2D eigenvalue weighted by Crippen LogP contribution is -2.25. The second-order valence-corrected chi connectivity index (χ2v) is 7.94. The molecule has 6 N–H and O–H groups in total. The maximum atomic E-state index is 12.4. The number of nitrogen functional groups attached to an aromatic ring is 2. The summed E-state index contributed by atoms with van der Waals surface area (Å²) in [7, 11) is 0. The van der Waals surface area contributed by atoms with Crippen molar-refractivity contribution in [3.8, 4) is 11.5 Å². The third-order valence-electron chi connectivity index (χ3n) is 5.60. The fraction of sp³-hybridized carbons (Fsp3) is 0.160. The van der Waals surface area contributed by atoms with Gasteiger partial charge in [-0.2, -0.15) is 4.98 Å². The summed E-state index contributed by atoms with van der Waals surface area (Å²) >= 11 is 0. The molecule has 4 aromatic rings. The van der Waals surface area contributed by atoms with Crippen molar-refractivity contribution in [2.45, 2.75) is 13.0 Å². The first kappa shape index (κ1) is 21.3. The third-order valence-corrected chi connectivity index (χ3v) is 5.60. The predicted octanol–water partition coefficient (Wildman–Crippen LogP) is 3.11. The molecule has 1 aromatic heterocycles. The number of ether oxygens (including phenoxy) is 2. The number of hydrogen-bond acceptors (Lipinski definition) is 8. The molecule has 3 aromatic carbocycles. The Morgan fingerprint density at radius 1 is 0.912 bits per heavy atom. The molecule has 0 radical (unpaired) electrons. The van der Waals surface area contributed by atoms with Crippen molar-refractivity contribution in [2.24, 2.45) is 0 Å². The molecule has 0 aliphatic carbocycles. The van der Waals surface area contributed by atoms with Crippen LogP contribution in [-0.4, -0.2) is 29.2 Å². The maximum Gasteiger partial charge on any atom is 0.251 e. The summed E-state index contributed by atoms with van der Waals surface area (Å²) in [6.07, 6.45) is 0.733. The Labute approximate surface area is 196 Å². The van der Waals surface area contributed by atoms with Crippen LogP contribution >= 0.6 is 0 Å². The first-order valence-electron chi connectivity index (χ1n) is 10.9. The molecule has 9 heteroatoms. The highest BCUT2D eigenvalue weighted by molar-refractivity contribution is 5.95. The van der Waals surface area contributed by atoms with Crippen LogP contribution in [0.1, 0.15) is 21.5 Å². The molecule has 1 amide bonds. The molecular weight excluding hydrogens is 432 g/mol. The Kier molecular flexibility index (Phi) is 5.73. The summed E-state index contributed by atoms with van der Waals surface area (Å²) in [4.78, 5) is 20.6. The second kappa shape index (κ2) is 9.14. The van der Waals surface area contributed by atoms with Crippen molar-refractivity contribution in [1.29, 1.82) is 0 Å². The second-order valence-electron chi connectivity index (χ2n) is 7.94. The van der Waals surface area contributed by atoms with Gasteiger partial charge in [-0.05, 0) is 53.9 Å². The van der Waals surface area contributed by atoms with E-state index in [2.05, 4.69) is 44.9 Å². The lowest BCUT2D eigenvalue weighted by Gasteiger charge is -2.10. The van der Waals surface area contributed by atoms with E-state index >= 15 is 0 Å². The Morgan fingerprint density at radius 3 is 2.56 bits per heavy atom. The molecule has 9 nitrogen and oxygen atoms in total. The number of fused-ring (bicyclic) bond motifs is 2. The lowest BCUT2D eigenvalue weighted by atomic mass is 10.1. The number of benzene rings is 3. The van der Waals surface area contributed by atoms with Crippen molar-refractivity contribution in [3.05, 3.63) is 77.4 Å². The van der Waals surface area contributed by atoms with Gasteiger partial charge in [-0.3, -0.25) is 4.79 Å². The van der Waals surface area contributed by atoms with Crippen molar-refractivity contribution in [1.82, 2.24) is 15.3 Å². The van der Waals surface area contributed by atoms with Crippen LogP contribution in [0.4, 0.5) is 17.5 Å². The van der Waals surface area contributed by atoms with Crippen molar-refractivity contribution in [2.75, 3.05) is 30.1 Å². The number of anilines is 3. The number of nitrogens with one attached hydrogen (secondary N) is 2. The van der Waals surface area contributed by atoms with Gasteiger partial charge in [0.25, 0.3) is 5.91 Å². The fourth-order valence-electron chi connectivity index (χ4n) is 3.77. The van der Waals surface area contributed by atoms with E-state index in [4.69, 9.17) is 20.9 Å². The number of amides is 1. The molecule has 5 rings (SSSR count). The van der Waals surface area contributed by atoms with Gasteiger partial charge in [0.15, 0.2) is 11.5 Å². The van der Waals surface area contributed by atoms with Gasteiger partial charge in [-0.25, -0.2) is 4.98 Å². The number of hydrogen-bond donors (Lipinski definition) is 4. The van der Waals surface area contributed by atoms with Gasteiger partial charge in [-0.1, -0.05) is 24.3 Å². The minimum atomic E-state index is -0.136. The van der Waals surface area contributed by atoms with Crippen LogP contribution in [0.5, 0.6) is 11.5 Å². The van der Waals surface area contributed by atoms with E-state index in [0.717, 1.165) is 28.6 Å². The molecule has 0 saturated heterocycles. The smallest absolute Gasteiger partial charge is 0.251 e. The molecule has 34 heavy (non-hydrogen) atoms. The lowest BCUT2D eigenvalue weighted by molar-refractivity contribution is 0.0953. The molecule has 0 fully saturated rings. The van der Waals surface area contributed by atoms with Gasteiger partial charge in [0, 0.05) is 29.7 Å². The van der Waals surface area contributed by atoms with E-state index in [9.17, 15) is 4.79 Å². The molecule has 0 spiro atoms. The normalized spacial score (nSPS) is 12.0. The third kappa shape index (κ3) is 4.63. The number of carbonyl (C=O) groups is 1.